The van der Waals surface area contributed by atoms with Gasteiger partial charge < -0.3 is 10.1 Å². The van der Waals surface area contributed by atoms with E-state index in [1.807, 2.05) is 0 Å². The average Bonchev–Trinajstić information content (AvgIpc) is 2.74. The summed E-state index contributed by atoms with van der Waals surface area (Å²) in [5, 5.41) is 3.23. The standard InChI is InChI=1S/C22H21ClN2O4S/c1-15-13-16(22(26)24-19-14-17(23)10-12-21(19)29-3)9-11-20(15)25(2)30(27,28)18-7-5-4-6-8-18/h4-14H,1-3H3,(H,24,26). The maximum absolute atomic E-state index is 12.9. The lowest BCUT2D eigenvalue weighted by molar-refractivity contribution is 0.102. The average molecular weight is 445 g/mol. The summed E-state index contributed by atoms with van der Waals surface area (Å²) in [5.41, 5.74) is 1.95. The molecular formula is C22H21ClN2O4S. The van der Waals surface area contributed by atoms with Gasteiger partial charge in [0.05, 0.1) is 23.4 Å². The van der Waals surface area contributed by atoms with E-state index in [-0.39, 0.29) is 10.8 Å². The first-order valence-corrected chi connectivity index (χ1v) is 10.9. The first kappa shape index (κ1) is 21.7. The Morgan fingerprint density at radius 1 is 1.03 bits per heavy atom. The largest absolute Gasteiger partial charge is 0.495 e. The summed E-state index contributed by atoms with van der Waals surface area (Å²) < 4.78 is 32.2. The predicted molar refractivity (Wildman–Crippen MR) is 119 cm³/mol. The summed E-state index contributed by atoms with van der Waals surface area (Å²) >= 11 is 6.01. The normalized spacial score (nSPS) is 11.1. The van der Waals surface area contributed by atoms with E-state index in [0.29, 0.717) is 33.3 Å². The van der Waals surface area contributed by atoms with E-state index in [4.69, 9.17) is 16.3 Å². The Labute approximate surface area is 181 Å². The van der Waals surface area contributed by atoms with Gasteiger partial charge in [-0.1, -0.05) is 29.8 Å². The van der Waals surface area contributed by atoms with Gasteiger partial charge in [0.25, 0.3) is 15.9 Å². The van der Waals surface area contributed by atoms with Gasteiger partial charge in [0.1, 0.15) is 5.75 Å². The van der Waals surface area contributed by atoms with Crippen LogP contribution in [0.25, 0.3) is 0 Å². The zero-order valence-corrected chi connectivity index (χ0v) is 18.3. The summed E-state index contributed by atoms with van der Waals surface area (Å²) in [6, 6.07) is 17.9. The summed E-state index contributed by atoms with van der Waals surface area (Å²) in [7, 11) is -0.720. The van der Waals surface area contributed by atoms with Crippen molar-refractivity contribution < 1.29 is 17.9 Å². The topological polar surface area (TPSA) is 75.7 Å². The molecule has 156 valence electrons. The lowest BCUT2D eigenvalue weighted by atomic mass is 10.1. The Morgan fingerprint density at radius 3 is 2.37 bits per heavy atom. The van der Waals surface area contributed by atoms with Crippen LogP contribution in [0.5, 0.6) is 5.75 Å². The summed E-state index contributed by atoms with van der Waals surface area (Å²) in [4.78, 5) is 12.9. The molecule has 0 bridgehead atoms. The number of aryl methyl sites for hydroxylation is 1. The molecule has 0 aliphatic rings. The number of anilines is 2. The van der Waals surface area contributed by atoms with Gasteiger partial charge in [-0.15, -0.1) is 0 Å². The maximum Gasteiger partial charge on any atom is 0.264 e. The highest BCUT2D eigenvalue weighted by atomic mass is 35.5. The Hall–Kier alpha value is -3.03. The monoisotopic (exact) mass is 444 g/mol. The fraction of sp³-hybridized carbons (Fsp3) is 0.136. The second kappa shape index (κ2) is 8.77. The minimum Gasteiger partial charge on any atom is -0.495 e. The van der Waals surface area contributed by atoms with E-state index >= 15 is 0 Å². The van der Waals surface area contributed by atoms with E-state index < -0.39 is 10.0 Å². The van der Waals surface area contributed by atoms with Crippen LogP contribution < -0.4 is 14.4 Å². The second-order valence-corrected chi connectivity index (χ2v) is 8.99. The van der Waals surface area contributed by atoms with Crippen LogP contribution >= 0.6 is 11.6 Å². The lowest BCUT2D eigenvalue weighted by Gasteiger charge is -2.22. The molecule has 0 fully saturated rings. The first-order chi connectivity index (χ1) is 14.2. The van der Waals surface area contributed by atoms with Crippen molar-refractivity contribution in [2.45, 2.75) is 11.8 Å². The second-order valence-electron chi connectivity index (χ2n) is 6.59. The van der Waals surface area contributed by atoms with Gasteiger partial charge in [0.15, 0.2) is 0 Å². The van der Waals surface area contributed by atoms with Crippen molar-refractivity contribution in [2.24, 2.45) is 0 Å². The Bertz CT molecular complexity index is 1180. The van der Waals surface area contributed by atoms with Gasteiger partial charge in [-0.2, -0.15) is 0 Å². The van der Waals surface area contributed by atoms with Crippen LogP contribution in [0.15, 0.2) is 71.6 Å². The van der Waals surface area contributed by atoms with E-state index in [1.54, 1.807) is 73.7 Å². The zero-order valence-electron chi connectivity index (χ0n) is 16.7. The number of carbonyl (C=O) groups excluding carboxylic acids is 1. The molecule has 8 heteroatoms. The van der Waals surface area contributed by atoms with Crippen molar-refractivity contribution in [1.82, 2.24) is 0 Å². The summed E-state index contributed by atoms with van der Waals surface area (Å²) in [6.45, 7) is 1.75. The van der Waals surface area contributed by atoms with Crippen molar-refractivity contribution in [3.05, 3.63) is 82.9 Å². The molecule has 0 radical (unpaired) electrons. The van der Waals surface area contributed by atoms with Crippen molar-refractivity contribution in [1.29, 1.82) is 0 Å². The smallest absolute Gasteiger partial charge is 0.264 e. The van der Waals surface area contributed by atoms with Crippen molar-refractivity contribution in [3.8, 4) is 5.75 Å². The van der Waals surface area contributed by atoms with Crippen LogP contribution in [-0.2, 0) is 10.0 Å². The molecule has 0 unspecified atom stereocenters. The van der Waals surface area contributed by atoms with E-state index in [2.05, 4.69) is 5.32 Å². The molecule has 3 rings (SSSR count). The van der Waals surface area contributed by atoms with Crippen LogP contribution in [0.1, 0.15) is 15.9 Å². The highest BCUT2D eigenvalue weighted by Gasteiger charge is 2.23. The molecule has 30 heavy (non-hydrogen) atoms. The Kier molecular flexibility index (Phi) is 6.34. The Balaban J connectivity index is 1.87. The van der Waals surface area contributed by atoms with Crippen molar-refractivity contribution in [3.63, 3.8) is 0 Å². The van der Waals surface area contributed by atoms with Gasteiger partial charge in [0, 0.05) is 17.6 Å². The third-order valence-electron chi connectivity index (χ3n) is 4.61. The highest BCUT2D eigenvalue weighted by Crippen LogP contribution is 2.29. The number of hydrogen-bond acceptors (Lipinski definition) is 4. The number of rotatable bonds is 6. The molecule has 6 nitrogen and oxygen atoms in total. The van der Waals surface area contributed by atoms with Crippen LogP contribution in [-0.4, -0.2) is 28.5 Å². The van der Waals surface area contributed by atoms with Crippen LogP contribution in [0, 0.1) is 6.92 Å². The summed E-state index contributed by atoms with van der Waals surface area (Å²) in [5.74, 6) is 0.119. The molecular weight excluding hydrogens is 424 g/mol. The zero-order chi connectivity index (χ0) is 21.9. The van der Waals surface area contributed by atoms with Gasteiger partial charge in [-0.3, -0.25) is 9.10 Å². The van der Waals surface area contributed by atoms with Crippen molar-refractivity contribution >= 4 is 38.9 Å². The van der Waals surface area contributed by atoms with E-state index in [0.717, 1.165) is 0 Å². The minimum absolute atomic E-state index is 0.196. The number of carbonyl (C=O) groups is 1. The molecule has 0 aromatic heterocycles. The molecule has 1 N–H and O–H groups in total. The third-order valence-corrected chi connectivity index (χ3v) is 6.63. The SMILES string of the molecule is COc1ccc(Cl)cc1NC(=O)c1ccc(N(C)S(=O)(=O)c2ccccc2)c(C)c1. The number of methoxy groups -OCH3 is 1. The molecule has 1 amide bonds. The molecule has 0 saturated heterocycles. The van der Waals surface area contributed by atoms with Crippen LogP contribution in [0.2, 0.25) is 5.02 Å². The van der Waals surface area contributed by atoms with Gasteiger partial charge in [0.2, 0.25) is 0 Å². The quantitative estimate of drug-likeness (QED) is 0.596. The number of ether oxygens (including phenoxy) is 1. The third kappa shape index (κ3) is 4.42. The van der Waals surface area contributed by atoms with E-state index in [1.165, 1.54) is 18.5 Å². The fourth-order valence-corrected chi connectivity index (χ4v) is 4.46. The molecule has 0 saturated carbocycles. The molecule has 3 aromatic rings. The predicted octanol–water partition coefficient (Wildman–Crippen LogP) is 4.73. The molecule has 0 aliphatic heterocycles. The number of hydrogen-bond donors (Lipinski definition) is 1. The number of sulfonamides is 1. The first-order valence-electron chi connectivity index (χ1n) is 9.03. The van der Waals surface area contributed by atoms with Gasteiger partial charge in [-0.05, 0) is 61.0 Å². The lowest BCUT2D eigenvalue weighted by Crippen LogP contribution is -2.27. The molecule has 0 aliphatic carbocycles. The number of benzene rings is 3. The van der Waals surface area contributed by atoms with Crippen LogP contribution in [0.4, 0.5) is 11.4 Å². The maximum atomic E-state index is 12.9. The number of nitrogens with zero attached hydrogens (tertiary/aromatic N) is 1. The fourth-order valence-electron chi connectivity index (χ4n) is 3.00. The number of nitrogens with one attached hydrogen (secondary N) is 1. The van der Waals surface area contributed by atoms with Crippen LogP contribution in [0.3, 0.4) is 0 Å². The Morgan fingerprint density at radius 2 is 1.73 bits per heavy atom. The minimum atomic E-state index is -3.71. The number of amides is 1. The van der Waals surface area contributed by atoms with Gasteiger partial charge >= 0.3 is 0 Å². The van der Waals surface area contributed by atoms with E-state index in [9.17, 15) is 13.2 Å². The van der Waals surface area contributed by atoms with Crippen molar-refractivity contribution in [2.75, 3.05) is 23.8 Å². The molecule has 0 spiro atoms. The number of halogens is 1. The molecule has 0 heterocycles. The molecule has 3 aromatic carbocycles. The molecule has 0 atom stereocenters. The highest BCUT2D eigenvalue weighted by molar-refractivity contribution is 7.92. The van der Waals surface area contributed by atoms with Gasteiger partial charge in [-0.25, -0.2) is 8.42 Å². The summed E-state index contributed by atoms with van der Waals surface area (Å²) in [6.07, 6.45) is 0.